The van der Waals surface area contributed by atoms with Gasteiger partial charge in [0.2, 0.25) is 0 Å². The molecular formula is C42H48F2N4. The van der Waals surface area contributed by atoms with Gasteiger partial charge in [0, 0.05) is 40.2 Å². The largest absolute Gasteiger partial charge is 0.264 e. The minimum Gasteiger partial charge on any atom is -0.264 e. The molecular weight excluding hydrogens is 598 g/mol. The Kier molecular flexibility index (Phi) is 8.96. The Balaban J connectivity index is 1.84. The lowest BCUT2D eigenvalue weighted by molar-refractivity contribution is 0.568. The van der Waals surface area contributed by atoms with Crippen molar-refractivity contribution < 1.29 is 8.78 Å². The molecule has 2 heterocycles. The highest BCUT2D eigenvalue weighted by atomic mass is 19.1. The normalized spacial score (nSPS) is 12.8. The number of pyridine rings is 1. The van der Waals surface area contributed by atoms with E-state index >= 15 is 4.39 Å². The molecule has 6 heteroatoms. The van der Waals surface area contributed by atoms with Crippen LogP contribution in [0.25, 0.3) is 45.3 Å². The molecule has 3 aromatic carbocycles. The molecule has 0 bridgehead atoms. The molecule has 0 spiro atoms. The minimum absolute atomic E-state index is 0.0757. The lowest BCUT2D eigenvalue weighted by atomic mass is 9.79. The van der Waals surface area contributed by atoms with Crippen molar-refractivity contribution in [2.24, 2.45) is 0 Å². The summed E-state index contributed by atoms with van der Waals surface area (Å²) in [5.41, 5.74) is 6.71. The standard InChI is InChI=1S/C42H48F2N4/c1-39(2,3)28-17-26(18-29(22-28)40(4,5)6)37-46-36(25-13-14-34(43)32(21-25)33-24-45-16-15-35(33)44)47-38(48-37)27-19-30(41(7,8)9)23-31(20-27)42(10,11)12/h13-24H,1-12H3. The van der Waals surface area contributed by atoms with Gasteiger partial charge in [0.1, 0.15) is 11.6 Å². The van der Waals surface area contributed by atoms with Gasteiger partial charge in [-0.05, 0) is 92.4 Å². The maximum absolute atomic E-state index is 15.2. The first-order chi connectivity index (χ1) is 22.1. The van der Waals surface area contributed by atoms with Gasteiger partial charge in [0.05, 0.1) is 0 Å². The molecule has 48 heavy (non-hydrogen) atoms. The Labute approximate surface area is 285 Å². The van der Waals surface area contributed by atoms with Crippen LogP contribution < -0.4 is 0 Å². The molecule has 0 saturated carbocycles. The van der Waals surface area contributed by atoms with Gasteiger partial charge >= 0.3 is 0 Å². The second-order valence-corrected chi connectivity index (χ2v) is 17.0. The van der Waals surface area contributed by atoms with E-state index in [-0.39, 0.29) is 32.8 Å². The summed E-state index contributed by atoms with van der Waals surface area (Å²) in [4.78, 5) is 19.2. The van der Waals surface area contributed by atoms with Crippen molar-refractivity contribution in [3.8, 4) is 45.3 Å². The van der Waals surface area contributed by atoms with Gasteiger partial charge in [-0.25, -0.2) is 23.7 Å². The molecule has 0 fully saturated rings. The predicted molar refractivity (Wildman–Crippen MR) is 194 cm³/mol. The predicted octanol–water partition coefficient (Wildman–Crippen LogP) is 11.4. The zero-order valence-electron chi connectivity index (χ0n) is 30.5. The number of rotatable bonds is 4. The van der Waals surface area contributed by atoms with E-state index in [2.05, 4.69) is 124 Å². The third-order valence-electron chi connectivity index (χ3n) is 8.76. The summed E-state index contributed by atoms with van der Waals surface area (Å²) in [6.07, 6.45) is 2.68. The molecule has 0 aliphatic rings. The smallest absolute Gasteiger partial charge is 0.164 e. The highest BCUT2D eigenvalue weighted by Gasteiger charge is 2.25. The molecule has 0 aliphatic heterocycles. The maximum atomic E-state index is 15.2. The van der Waals surface area contributed by atoms with Gasteiger partial charge in [0.15, 0.2) is 17.5 Å². The van der Waals surface area contributed by atoms with E-state index in [1.54, 1.807) is 12.1 Å². The lowest BCUT2D eigenvalue weighted by Gasteiger charge is -2.26. The average molecular weight is 647 g/mol. The lowest BCUT2D eigenvalue weighted by Crippen LogP contribution is -2.17. The zero-order valence-corrected chi connectivity index (χ0v) is 30.5. The molecule has 2 aromatic heterocycles. The molecule has 0 N–H and O–H groups in total. The fraction of sp³-hybridized carbons (Fsp3) is 0.381. The molecule has 5 rings (SSSR count). The number of nitrogens with zero attached hydrogens (tertiary/aromatic N) is 4. The average Bonchev–Trinajstić information content (AvgIpc) is 2.99. The summed E-state index contributed by atoms with van der Waals surface area (Å²) in [6.45, 7) is 26.4. The first-order valence-corrected chi connectivity index (χ1v) is 16.6. The fourth-order valence-electron chi connectivity index (χ4n) is 5.46. The monoisotopic (exact) mass is 646 g/mol. The Hall–Kier alpha value is -4.32. The van der Waals surface area contributed by atoms with Gasteiger partial charge in [-0.1, -0.05) is 95.2 Å². The first-order valence-electron chi connectivity index (χ1n) is 16.6. The molecule has 250 valence electrons. The minimum atomic E-state index is -0.555. The van der Waals surface area contributed by atoms with Crippen LogP contribution in [0.3, 0.4) is 0 Å². The van der Waals surface area contributed by atoms with Gasteiger partial charge in [-0.3, -0.25) is 4.98 Å². The van der Waals surface area contributed by atoms with Crippen LogP contribution in [0.5, 0.6) is 0 Å². The van der Waals surface area contributed by atoms with Crippen molar-refractivity contribution in [1.82, 2.24) is 19.9 Å². The maximum Gasteiger partial charge on any atom is 0.164 e. The van der Waals surface area contributed by atoms with Crippen molar-refractivity contribution in [3.05, 3.63) is 107 Å². The molecule has 0 unspecified atom stereocenters. The van der Waals surface area contributed by atoms with Gasteiger partial charge in [0.25, 0.3) is 0 Å². The quantitative estimate of drug-likeness (QED) is 0.195. The van der Waals surface area contributed by atoms with E-state index < -0.39 is 11.6 Å². The van der Waals surface area contributed by atoms with E-state index in [0.29, 0.717) is 23.0 Å². The molecule has 4 nitrogen and oxygen atoms in total. The van der Waals surface area contributed by atoms with Crippen LogP contribution in [0.4, 0.5) is 8.78 Å². The van der Waals surface area contributed by atoms with E-state index in [1.165, 1.54) is 46.8 Å². The van der Waals surface area contributed by atoms with Crippen LogP contribution in [0.2, 0.25) is 0 Å². The van der Waals surface area contributed by atoms with Crippen molar-refractivity contribution in [3.63, 3.8) is 0 Å². The molecule has 5 aromatic rings. The SMILES string of the molecule is CC(C)(C)c1cc(-c2nc(-c3cc(C(C)(C)C)cc(C(C)(C)C)c3)nc(-c3ccc(F)c(-c4cnccc4F)c3)n2)cc(C(C)(C)C)c1. The Bertz CT molecular complexity index is 1830. The van der Waals surface area contributed by atoms with Crippen molar-refractivity contribution in [1.29, 1.82) is 0 Å². The van der Waals surface area contributed by atoms with Crippen LogP contribution in [0.15, 0.2) is 73.1 Å². The summed E-state index contributed by atoms with van der Waals surface area (Å²) >= 11 is 0. The molecule has 0 saturated heterocycles. The third-order valence-corrected chi connectivity index (χ3v) is 8.76. The molecule has 0 radical (unpaired) electrons. The Morgan fingerprint density at radius 3 is 1.17 bits per heavy atom. The summed E-state index contributed by atoms with van der Waals surface area (Å²) in [6, 6.07) is 19.0. The molecule has 0 amide bonds. The van der Waals surface area contributed by atoms with Crippen LogP contribution in [0, 0.1) is 11.6 Å². The topological polar surface area (TPSA) is 51.6 Å². The number of benzene rings is 3. The van der Waals surface area contributed by atoms with Crippen LogP contribution >= 0.6 is 0 Å². The van der Waals surface area contributed by atoms with E-state index in [1.807, 2.05) is 0 Å². The van der Waals surface area contributed by atoms with Gasteiger partial charge < -0.3 is 0 Å². The fourth-order valence-corrected chi connectivity index (χ4v) is 5.46. The summed E-state index contributed by atoms with van der Waals surface area (Å²) < 4.78 is 30.1. The van der Waals surface area contributed by atoms with Gasteiger partial charge in [-0.15, -0.1) is 0 Å². The van der Waals surface area contributed by atoms with E-state index in [9.17, 15) is 4.39 Å². The van der Waals surface area contributed by atoms with Crippen LogP contribution in [-0.2, 0) is 21.7 Å². The second kappa shape index (κ2) is 12.3. The number of halogens is 2. The van der Waals surface area contributed by atoms with Gasteiger partial charge in [-0.2, -0.15) is 0 Å². The zero-order chi connectivity index (χ0) is 35.4. The third kappa shape index (κ3) is 7.53. The Morgan fingerprint density at radius 1 is 0.417 bits per heavy atom. The highest BCUT2D eigenvalue weighted by molar-refractivity contribution is 5.73. The van der Waals surface area contributed by atoms with Crippen molar-refractivity contribution in [2.45, 2.75) is 105 Å². The van der Waals surface area contributed by atoms with Crippen LogP contribution in [-0.4, -0.2) is 19.9 Å². The van der Waals surface area contributed by atoms with E-state index in [0.717, 1.165) is 11.1 Å². The van der Waals surface area contributed by atoms with Crippen LogP contribution in [0.1, 0.15) is 105 Å². The second-order valence-electron chi connectivity index (χ2n) is 17.0. The van der Waals surface area contributed by atoms with Crippen molar-refractivity contribution in [2.75, 3.05) is 0 Å². The van der Waals surface area contributed by atoms with Crippen molar-refractivity contribution >= 4 is 0 Å². The summed E-state index contributed by atoms with van der Waals surface area (Å²) in [5, 5.41) is 0. The first kappa shape index (κ1) is 35.0. The summed E-state index contributed by atoms with van der Waals surface area (Å²) in [7, 11) is 0. The molecule has 0 atom stereocenters. The Morgan fingerprint density at radius 2 is 0.792 bits per heavy atom. The number of hydrogen-bond donors (Lipinski definition) is 0. The van der Waals surface area contributed by atoms with E-state index in [4.69, 9.17) is 15.0 Å². The number of aromatic nitrogens is 4. The highest BCUT2D eigenvalue weighted by Crippen LogP contribution is 2.37. The summed E-state index contributed by atoms with van der Waals surface area (Å²) in [5.74, 6) is 0.297. The molecule has 0 aliphatic carbocycles. The number of hydrogen-bond acceptors (Lipinski definition) is 4.